The lowest BCUT2D eigenvalue weighted by molar-refractivity contribution is 0.596. The van der Waals surface area contributed by atoms with E-state index in [9.17, 15) is 5.26 Å². The standard InChI is InChI=1S/C61H37N5O2S/c62-38-39-27-29-44(30-28-39)69(67,68)45-32-42(65-56-25-13-9-21-48(56)52-34-58-50(36-60(52)65)46-19-7-11-23-54(46)63(58)40-15-3-1-4-16-40)31-43(33-45)66-57-26-14-10-22-49(57)53-35-59-51(37-61(53)66)47-20-8-12-24-55(47)64(59)41-17-5-2-6-18-41/h1-37H. The molecule has 0 aliphatic rings. The molecule has 0 N–H and O–H groups in total. The van der Waals surface area contributed by atoms with Crippen molar-refractivity contribution in [2.24, 2.45) is 0 Å². The van der Waals surface area contributed by atoms with Crippen LogP contribution in [0.4, 0.5) is 0 Å². The molecule has 8 heteroatoms. The Hall–Kier alpha value is -9.16. The molecule has 4 heterocycles. The van der Waals surface area contributed by atoms with E-state index in [0.29, 0.717) is 16.9 Å². The van der Waals surface area contributed by atoms with Crippen LogP contribution in [0.25, 0.3) is 110 Å². The highest BCUT2D eigenvalue weighted by molar-refractivity contribution is 7.91. The van der Waals surface area contributed by atoms with E-state index >= 15 is 8.42 Å². The van der Waals surface area contributed by atoms with Gasteiger partial charge in [0.15, 0.2) is 0 Å². The van der Waals surface area contributed by atoms with Crippen molar-refractivity contribution in [3.63, 3.8) is 0 Å². The molecule has 69 heavy (non-hydrogen) atoms. The van der Waals surface area contributed by atoms with Crippen molar-refractivity contribution >= 4 is 97.1 Å². The summed E-state index contributed by atoms with van der Waals surface area (Å²) >= 11 is 0. The summed E-state index contributed by atoms with van der Waals surface area (Å²) in [5, 5.41) is 18.3. The van der Waals surface area contributed by atoms with Gasteiger partial charge in [-0.25, -0.2) is 8.42 Å². The van der Waals surface area contributed by atoms with Crippen molar-refractivity contribution in [1.82, 2.24) is 18.3 Å². The molecule has 0 unspecified atom stereocenters. The van der Waals surface area contributed by atoms with E-state index in [4.69, 9.17) is 0 Å². The quantitative estimate of drug-likeness (QED) is 0.167. The topological polar surface area (TPSA) is 77.7 Å². The summed E-state index contributed by atoms with van der Waals surface area (Å²) in [5.41, 5.74) is 12.1. The van der Waals surface area contributed by atoms with Gasteiger partial charge in [0.1, 0.15) is 0 Å². The van der Waals surface area contributed by atoms with E-state index in [2.05, 4.69) is 188 Å². The van der Waals surface area contributed by atoms with Crippen LogP contribution in [-0.2, 0) is 9.84 Å². The Kier molecular flexibility index (Phi) is 8.30. The van der Waals surface area contributed by atoms with Crippen LogP contribution in [0.5, 0.6) is 0 Å². The Bertz CT molecular complexity index is 4360. The average molecular weight is 904 g/mol. The van der Waals surface area contributed by atoms with Gasteiger partial charge >= 0.3 is 0 Å². The Morgan fingerprint density at radius 1 is 0.290 bits per heavy atom. The number of benzene rings is 10. The predicted octanol–water partition coefficient (Wildman–Crippen LogP) is 14.8. The number of sulfone groups is 1. The minimum atomic E-state index is -4.13. The normalized spacial score (nSPS) is 12.2. The average Bonchev–Trinajstić information content (AvgIpc) is 4.12. The van der Waals surface area contributed by atoms with Gasteiger partial charge in [0.2, 0.25) is 9.84 Å². The van der Waals surface area contributed by atoms with Crippen LogP contribution in [0.1, 0.15) is 5.56 Å². The first-order chi connectivity index (χ1) is 33.9. The molecule has 0 spiro atoms. The van der Waals surface area contributed by atoms with Gasteiger partial charge in [-0.05, 0) is 115 Å². The summed E-state index contributed by atoms with van der Waals surface area (Å²) in [4.78, 5) is 0.250. The lowest BCUT2D eigenvalue weighted by atomic mass is 10.1. The first-order valence-electron chi connectivity index (χ1n) is 22.9. The number of hydrogen-bond donors (Lipinski definition) is 0. The molecule has 14 rings (SSSR count). The second-order valence-corrected chi connectivity index (χ2v) is 19.6. The zero-order valence-corrected chi connectivity index (χ0v) is 37.6. The van der Waals surface area contributed by atoms with Gasteiger partial charge in [-0.3, -0.25) is 0 Å². The van der Waals surface area contributed by atoms with Crippen molar-refractivity contribution < 1.29 is 8.42 Å². The number of rotatable bonds is 6. The second kappa shape index (κ2) is 14.7. The Balaban J connectivity index is 1.10. The molecule has 7 nitrogen and oxygen atoms in total. The van der Waals surface area contributed by atoms with E-state index in [1.54, 1.807) is 24.3 Å². The van der Waals surface area contributed by atoms with Crippen LogP contribution in [-0.4, -0.2) is 26.7 Å². The monoisotopic (exact) mass is 903 g/mol. The molecular formula is C61H37N5O2S. The number of nitriles is 1. The number of para-hydroxylation sites is 6. The molecule has 0 bridgehead atoms. The highest BCUT2D eigenvalue weighted by atomic mass is 32.2. The Morgan fingerprint density at radius 2 is 0.609 bits per heavy atom. The van der Waals surface area contributed by atoms with Crippen molar-refractivity contribution in [3.8, 4) is 28.8 Å². The third-order valence-electron chi connectivity index (χ3n) is 14.0. The van der Waals surface area contributed by atoms with Gasteiger partial charge in [-0.1, -0.05) is 109 Å². The number of nitrogens with zero attached hydrogens (tertiary/aromatic N) is 5. The second-order valence-electron chi connectivity index (χ2n) is 17.7. The van der Waals surface area contributed by atoms with Crippen LogP contribution in [0, 0.1) is 11.3 Å². The Labute approximate surface area is 395 Å². The van der Waals surface area contributed by atoms with E-state index in [1.807, 2.05) is 24.3 Å². The molecule has 0 radical (unpaired) electrons. The van der Waals surface area contributed by atoms with Crippen molar-refractivity contribution in [1.29, 1.82) is 5.26 Å². The number of hydrogen-bond acceptors (Lipinski definition) is 3. The molecule has 0 fully saturated rings. The molecule has 14 aromatic rings. The fraction of sp³-hybridized carbons (Fsp3) is 0. The zero-order valence-electron chi connectivity index (χ0n) is 36.8. The van der Waals surface area contributed by atoms with E-state index in [-0.39, 0.29) is 9.79 Å². The molecule has 0 aliphatic carbocycles. The summed E-state index contributed by atoms with van der Waals surface area (Å²) in [5.74, 6) is 0. The summed E-state index contributed by atoms with van der Waals surface area (Å²) in [7, 11) is -4.13. The van der Waals surface area contributed by atoms with E-state index in [1.165, 1.54) is 12.1 Å². The van der Waals surface area contributed by atoms with Gasteiger partial charge in [-0.15, -0.1) is 0 Å². The first kappa shape index (κ1) is 39.0. The molecule has 0 atom stereocenters. The summed E-state index contributed by atoms with van der Waals surface area (Å²) in [6, 6.07) is 77.9. The van der Waals surface area contributed by atoms with Gasteiger partial charge in [-0.2, -0.15) is 5.26 Å². The van der Waals surface area contributed by atoms with Crippen molar-refractivity contribution in [2.75, 3.05) is 0 Å². The Morgan fingerprint density at radius 3 is 0.957 bits per heavy atom. The summed E-state index contributed by atoms with van der Waals surface area (Å²) in [6.45, 7) is 0. The molecule has 0 amide bonds. The van der Waals surface area contributed by atoms with Crippen molar-refractivity contribution in [3.05, 3.63) is 230 Å². The van der Waals surface area contributed by atoms with Crippen LogP contribution < -0.4 is 0 Å². The molecule has 0 aliphatic heterocycles. The number of aromatic nitrogens is 4. The van der Waals surface area contributed by atoms with Gasteiger partial charge in [0.25, 0.3) is 0 Å². The molecular weight excluding hydrogens is 867 g/mol. The zero-order chi connectivity index (χ0) is 46.0. The summed E-state index contributed by atoms with van der Waals surface area (Å²) in [6.07, 6.45) is 0. The highest BCUT2D eigenvalue weighted by Crippen LogP contribution is 2.43. The minimum absolute atomic E-state index is 0.111. The largest absolute Gasteiger partial charge is 0.309 e. The molecule has 0 saturated heterocycles. The minimum Gasteiger partial charge on any atom is -0.309 e. The molecule has 324 valence electrons. The third kappa shape index (κ3) is 5.69. The highest BCUT2D eigenvalue weighted by Gasteiger charge is 2.25. The van der Waals surface area contributed by atoms with Gasteiger partial charge in [0.05, 0.1) is 65.6 Å². The fourth-order valence-corrected chi connectivity index (χ4v) is 12.3. The van der Waals surface area contributed by atoms with Gasteiger partial charge < -0.3 is 18.3 Å². The smallest absolute Gasteiger partial charge is 0.206 e. The molecule has 4 aromatic heterocycles. The van der Waals surface area contributed by atoms with E-state index in [0.717, 1.165) is 98.6 Å². The van der Waals surface area contributed by atoms with Crippen LogP contribution >= 0.6 is 0 Å². The van der Waals surface area contributed by atoms with Gasteiger partial charge in [0, 0.05) is 65.8 Å². The molecule has 0 saturated carbocycles. The van der Waals surface area contributed by atoms with Crippen LogP contribution in [0.2, 0.25) is 0 Å². The lowest BCUT2D eigenvalue weighted by Crippen LogP contribution is -2.06. The SMILES string of the molecule is N#Cc1ccc(S(=O)(=O)c2cc(-n3c4ccccc4c4cc5c(cc43)c3ccccc3n5-c3ccccc3)cc(-n3c4ccccc4c4cc5c(cc43)c3ccccc3n5-c3ccccc3)c2)cc1. The molecule has 10 aromatic carbocycles. The number of fused-ring (bicyclic) bond motifs is 12. The van der Waals surface area contributed by atoms with Crippen LogP contribution in [0.15, 0.2) is 234 Å². The fourth-order valence-electron chi connectivity index (χ4n) is 11.0. The predicted molar refractivity (Wildman–Crippen MR) is 280 cm³/mol. The maximum absolute atomic E-state index is 15.1. The third-order valence-corrected chi connectivity index (χ3v) is 15.7. The maximum atomic E-state index is 15.1. The van der Waals surface area contributed by atoms with Crippen molar-refractivity contribution in [2.45, 2.75) is 9.79 Å². The summed E-state index contributed by atoms with van der Waals surface area (Å²) < 4.78 is 39.4. The lowest BCUT2D eigenvalue weighted by Gasteiger charge is -2.16. The maximum Gasteiger partial charge on any atom is 0.206 e. The van der Waals surface area contributed by atoms with Crippen LogP contribution in [0.3, 0.4) is 0 Å². The van der Waals surface area contributed by atoms with E-state index < -0.39 is 9.84 Å². The first-order valence-corrected chi connectivity index (χ1v) is 24.4.